The largest absolute Gasteiger partial charge is 0.428 e. The molecule has 0 aliphatic carbocycles. The molecular formula is C24H27O2PS2. The van der Waals surface area contributed by atoms with Gasteiger partial charge in [0, 0.05) is 11.1 Å². The fourth-order valence-corrected chi connectivity index (χ4v) is 4.99. The summed E-state index contributed by atoms with van der Waals surface area (Å²) in [4.78, 5) is 0. The second-order valence-corrected chi connectivity index (χ2v) is 11.5. The first-order valence-corrected chi connectivity index (χ1v) is 13.1. The van der Waals surface area contributed by atoms with Gasteiger partial charge in [-0.1, -0.05) is 60.8 Å². The van der Waals surface area contributed by atoms with Crippen LogP contribution in [0.25, 0.3) is 0 Å². The van der Waals surface area contributed by atoms with E-state index in [1.165, 1.54) is 0 Å². The van der Waals surface area contributed by atoms with Crippen LogP contribution in [-0.4, -0.2) is 0 Å². The molecule has 0 heterocycles. The minimum absolute atomic E-state index is 0.666. The minimum Gasteiger partial charge on any atom is -0.428 e. The van der Waals surface area contributed by atoms with E-state index in [9.17, 15) is 0 Å². The van der Waals surface area contributed by atoms with Crippen molar-refractivity contribution in [2.24, 2.45) is 0 Å². The molecule has 0 atom stereocenters. The zero-order chi connectivity index (χ0) is 21.3. The molecule has 0 saturated carbocycles. The van der Waals surface area contributed by atoms with Gasteiger partial charge in [0.25, 0.3) is 0 Å². The van der Waals surface area contributed by atoms with E-state index in [1.807, 2.05) is 48.6 Å². The van der Waals surface area contributed by atoms with Crippen molar-refractivity contribution in [2.75, 3.05) is 0 Å². The molecule has 0 aliphatic rings. The van der Waals surface area contributed by atoms with E-state index < -0.39 is 5.69 Å². The predicted octanol–water partition coefficient (Wildman–Crippen LogP) is 7.21. The Labute approximate surface area is 185 Å². The van der Waals surface area contributed by atoms with E-state index in [4.69, 9.17) is 20.9 Å². The molecule has 0 saturated heterocycles. The average Bonchev–Trinajstić information content (AvgIpc) is 2.67. The molecule has 0 aromatic heterocycles. The van der Waals surface area contributed by atoms with Crippen molar-refractivity contribution < 1.29 is 9.05 Å². The molecule has 0 fully saturated rings. The summed E-state index contributed by atoms with van der Waals surface area (Å²) in [6.07, 6.45) is 10.2. The lowest BCUT2D eigenvalue weighted by molar-refractivity contribution is 0.500. The Morgan fingerprint density at radius 2 is 1.10 bits per heavy atom. The molecule has 152 valence electrons. The Hall–Kier alpha value is -2.00. The van der Waals surface area contributed by atoms with Crippen molar-refractivity contribution in [3.8, 4) is 11.5 Å². The Balaban J connectivity index is 2.37. The smallest absolute Gasteiger partial charge is 0.345 e. The quantitative estimate of drug-likeness (QED) is 0.213. The van der Waals surface area contributed by atoms with Gasteiger partial charge in [0.15, 0.2) is 0 Å². The van der Waals surface area contributed by atoms with Gasteiger partial charge >= 0.3 is 5.69 Å². The summed E-state index contributed by atoms with van der Waals surface area (Å²) >= 11 is 10.3. The van der Waals surface area contributed by atoms with E-state index in [2.05, 4.69) is 50.7 Å². The monoisotopic (exact) mass is 442 g/mol. The number of thiol groups is 1. The van der Waals surface area contributed by atoms with E-state index >= 15 is 0 Å². The molecule has 0 aliphatic heterocycles. The van der Waals surface area contributed by atoms with Gasteiger partial charge in [0.1, 0.15) is 11.5 Å². The topological polar surface area (TPSA) is 18.5 Å². The molecule has 0 N–H and O–H groups in total. The van der Waals surface area contributed by atoms with Crippen LogP contribution in [0.3, 0.4) is 0 Å². The lowest BCUT2D eigenvalue weighted by Gasteiger charge is -2.23. The van der Waals surface area contributed by atoms with E-state index in [-0.39, 0.29) is 0 Å². The summed E-state index contributed by atoms with van der Waals surface area (Å²) in [6, 6.07) is 11.8. The zero-order valence-electron chi connectivity index (χ0n) is 16.5. The van der Waals surface area contributed by atoms with E-state index in [0.717, 1.165) is 35.1 Å². The van der Waals surface area contributed by atoms with Gasteiger partial charge in [0.05, 0.1) is 0 Å². The Kier molecular flexibility index (Phi) is 9.03. The van der Waals surface area contributed by atoms with Crippen molar-refractivity contribution in [1.82, 2.24) is 0 Å². The number of hydrogen-bond donors (Lipinski definition) is 1. The molecule has 0 spiro atoms. The van der Waals surface area contributed by atoms with Crippen molar-refractivity contribution >= 4 is 29.7 Å². The van der Waals surface area contributed by atoms with Crippen LogP contribution >= 0.6 is 17.9 Å². The minimum atomic E-state index is -2.91. The number of rotatable bonds is 12. The lowest BCUT2D eigenvalue weighted by Crippen LogP contribution is -2.03. The van der Waals surface area contributed by atoms with Gasteiger partial charge in [-0.05, 0) is 60.7 Å². The average molecular weight is 443 g/mol. The van der Waals surface area contributed by atoms with Crippen molar-refractivity contribution in [2.45, 2.75) is 25.7 Å². The number of benzene rings is 2. The molecule has 2 rings (SSSR count). The van der Waals surface area contributed by atoms with Gasteiger partial charge < -0.3 is 9.05 Å². The highest BCUT2D eigenvalue weighted by molar-refractivity contribution is 8.60. The second kappa shape index (κ2) is 11.3. The number of allylic oxidation sites excluding steroid dienone is 4. The first-order valence-electron chi connectivity index (χ1n) is 9.32. The third-order valence-electron chi connectivity index (χ3n) is 4.31. The maximum atomic E-state index is 6.15. The van der Waals surface area contributed by atoms with Crippen LogP contribution in [0.2, 0.25) is 0 Å². The van der Waals surface area contributed by atoms with E-state index in [1.54, 1.807) is 0 Å². The van der Waals surface area contributed by atoms with Gasteiger partial charge in [-0.2, -0.15) is 0 Å². The standard InChI is InChI=1S/C24H27O2PS2/c1-5-11-19-15-9-17-23(21(19)13-7-3)25-27(28,29)26-24-18-10-16-20(12-6-2)22(24)14-8-4/h5-10,15-18H,1-4,11-14H2,(H,28,29). The summed E-state index contributed by atoms with van der Waals surface area (Å²) in [5.74, 6) is 1.35. The SMILES string of the molecule is C=CCc1cccc(OP(=S)(S)Oc2cccc(CC=C)c2CC=C)c1CC=C. The highest BCUT2D eigenvalue weighted by atomic mass is 32.9. The Morgan fingerprint density at radius 3 is 1.45 bits per heavy atom. The van der Waals surface area contributed by atoms with Gasteiger partial charge in [-0.3, -0.25) is 0 Å². The molecule has 0 amide bonds. The highest BCUT2D eigenvalue weighted by Crippen LogP contribution is 2.54. The first-order chi connectivity index (χ1) is 14.0. The summed E-state index contributed by atoms with van der Waals surface area (Å²) in [5, 5.41) is 0. The zero-order valence-corrected chi connectivity index (χ0v) is 19.2. The van der Waals surface area contributed by atoms with Gasteiger partial charge in [-0.15, -0.1) is 26.3 Å². The highest BCUT2D eigenvalue weighted by Gasteiger charge is 2.22. The Morgan fingerprint density at radius 1 is 0.724 bits per heavy atom. The maximum Gasteiger partial charge on any atom is 0.345 e. The van der Waals surface area contributed by atoms with Crippen molar-refractivity contribution in [3.63, 3.8) is 0 Å². The fraction of sp³-hybridized carbons (Fsp3) is 0.167. The fourth-order valence-electron chi connectivity index (χ4n) is 3.11. The first kappa shape index (κ1) is 23.3. The molecular weight excluding hydrogens is 415 g/mol. The number of hydrogen-bond acceptors (Lipinski definition) is 3. The molecule has 2 aromatic rings. The molecule has 2 aromatic carbocycles. The van der Waals surface area contributed by atoms with Crippen molar-refractivity contribution in [3.05, 3.63) is 109 Å². The van der Waals surface area contributed by atoms with Crippen molar-refractivity contribution in [1.29, 1.82) is 0 Å². The van der Waals surface area contributed by atoms with Crippen LogP contribution < -0.4 is 9.05 Å². The summed E-state index contributed by atoms with van der Waals surface area (Å²) in [7, 11) is 0. The molecule has 29 heavy (non-hydrogen) atoms. The van der Waals surface area contributed by atoms with Crippen LogP contribution in [0.5, 0.6) is 11.5 Å². The molecule has 2 nitrogen and oxygen atoms in total. The maximum absolute atomic E-state index is 6.15. The second-order valence-electron chi connectivity index (χ2n) is 6.41. The molecule has 0 radical (unpaired) electrons. The normalized spacial score (nSPS) is 10.8. The molecule has 0 unspecified atom stereocenters. The van der Waals surface area contributed by atoms with Crippen LogP contribution in [0.4, 0.5) is 0 Å². The van der Waals surface area contributed by atoms with Crippen LogP contribution in [0.1, 0.15) is 22.3 Å². The van der Waals surface area contributed by atoms with Crippen LogP contribution in [0, 0.1) is 0 Å². The van der Waals surface area contributed by atoms with Gasteiger partial charge in [0.2, 0.25) is 0 Å². The Bertz CT molecular complexity index is 876. The molecule has 5 heteroatoms. The van der Waals surface area contributed by atoms with E-state index in [0.29, 0.717) is 24.3 Å². The van der Waals surface area contributed by atoms with Gasteiger partial charge in [-0.25, -0.2) is 0 Å². The predicted molar refractivity (Wildman–Crippen MR) is 133 cm³/mol. The van der Waals surface area contributed by atoms with Crippen LogP contribution in [0.15, 0.2) is 87.0 Å². The molecule has 0 bridgehead atoms. The third kappa shape index (κ3) is 6.50. The summed E-state index contributed by atoms with van der Waals surface area (Å²) in [5.41, 5.74) is 1.40. The summed E-state index contributed by atoms with van der Waals surface area (Å²) in [6.45, 7) is 15.4. The third-order valence-corrected chi connectivity index (χ3v) is 6.10. The lowest BCUT2D eigenvalue weighted by atomic mass is 10.0. The van der Waals surface area contributed by atoms with Crippen LogP contribution in [-0.2, 0) is 37.5 Å². The summed E-state index contributed by atoms with van der Waals surface area (Å²) < 4.78 is 12.3.